The Morgan fingerprint density at radius 1 is 1.15 bits per heavy atom. The zero-order chi connectivity index (χ0) is 19.7. The number of amides is 1. The maximum atomic E-state index is 12.7. The van der Waals surface area contributed by atoms with Crippen LogP contribution in [0.3, 0.4) is 0 Å². The lowest BCUT2D eigenvalue weighted by molar-refractivity contribution is 0.102. The molecule has 2 aromatic carbocycles. The van der Waals surface area contributed by atoms with Crippen molar-refractivity contribution in [2.75, 3.05) is 16.8 Å². The van der Waals surface area contributed by atoms with E-state index in [2.05, 4.69) is 5.32 Å². The lowest BCUT2D eigenvalue weighted by atomic mass is 10.2. The van der Waals surface area contributed by atoms with Crippen molar-refractivity contribution >= 4 is 31.3 Å². The quantitative estimate of drug-likeness (QED) is 0.829. The molecule has 0 unspecified atom stereocenters. The first kappa shape index (κ1) is 19.1. The summed E-state index contributed by atoms with van der Waals surface area (Å²) in [4.78, 5) is 12.4. The van der Waals surface area contributed by atoms with Gasteiger partial charge in [-0.1, -0.05) is 12.1 Å². The van der Waals surface area contributed by atoms with E-state index in [-0.39, 0.29) is 22.6 Å². The SMILES string of the molecule is N#Cc1cccc(NC(=O)c2cccc(S(=O)(=O)[C@@H]3CCS(=O)(=O)C3)c2)c1. The molecule has 140 valence electrons. The van der Waals surface area contributed by atoms with E-state index in [4.69, 9.17) is 5.26 Å². The first-order chi connectivity index (χ1) is 12.7. The first-order valence-corrected chi connectivity index (χ1v) is 11.4. The van der Waals surface area contributed by atoms with Crippen LogP contribution in [0, 0.1) is 11.3 Å². The molecular weight excluding hydrogens is 388 g/mol. The number of nitriles is 1. The van der Waals surface area contributed by atoms with Gasteiger partial charge in [0.05, 0.1) is 33.3 Å². The summed E-state index contributed by atoms with van der Waals surface area (Å²) in [6.45, 7) is 0. The molecule has 2 aromatic rings. The lowest BCUT2D eigenvalue weighted by Crippen LogP contribution is -2.23. The monoisotopic (exact) mass is 404 g/mol. The molecular formula is C18H16N2O5S2. The second-order valence-corrected chi connectivity index (χ2v) is 10.7. The van der Waals surface area contributed by atoms with Gasteiger partial charge < -0.3 is 5.32 Å². The van der Waals surface area contributed by atoms with Crippen molar-refractivity contribution in [3.63, 3.8) is 0 Å². The van der Waals surface area contributed by atoms with Gasteiger partial charge in [-0.25, -0.2) is 16.8 Å². The van der Waals surface area contributed by atoms with Crippen LogP contribution in [0.15, 0.2) is 53.4 Å². The molecule has 1 atom stereocenters. The third kappa shape index (κ3) is 4.18. The molecule has 1 saturated heterocycles. The molecule has 7 nitrogen and oxygen atoms in total. The fourth-order valence-corrected chi connectivity index (χ4v) is 7.29. The summed E-state index contributed by atoms with van der Waals surface area (Å²) in [5.41, 5.74) is 0.917. The van der Waals surface area contributed by atoms with Gasteiger partial charge in [0.15, 0.2) is 19.7 Å². The molecule has 1 amide bonds. The molecule has 1 N–H and O–H groups in total. The summed E-state index contributed by atoms with van der Waals surface area (Å²) in [5.74, 6) is -1.07. The van der Waals surface area contributed by atoms with Gasteiger partial charge in [0, 0.05) is 11.3 Å². The molecule has 0 radical (unpaired) electrons. The molecule has 1 heterocycles. The smallest absolute Gasteiger partial charge is 0.255 e. The fourth-order valence-electron chi connectivity index (χ4n) is 2.88. The van der Waals surface area contributed by atoms with Gasteiger partial charge in [-0.15, -0.1) is 0 Å². The predicted octanol–water partition coefficient (Wildman–Crippen LogP) is 1.77. The minimum atomic E-state index is -3.85. The number of hydrogen-bond acceptors (Lipinski definition) is 6. The zero-order valence-corrected chi connectivity index (χ0v) is 15.8. The Labute approximate surface area is 157 Å². The Bertz CT molecular complexity index is 1150. The first-order valence-electron chi connectivity index (χ1n) is 8.07. The van der Waals surface area contributed by atoms with Gasteiger partial charge >= 0.3 is 0 Å². The van der Waals surface area contributed by atoms with E-state index in [1.54, 1.807) is 18.2 Å². The fraction of sp³-hybridized carbons (Fsp3) is 0.222. The molecule has 3 rings (SSSR count). The van der Waals surface area contributed by atoms with Crippen LogP contribution >= 0.6 is 0 Å². The topological polar surface area (TPSA) is 121 Å². The zero-order valence-electron chi connectivity index (χ0n) is 14.1. The molecule has 0 spiro atoms. The number of rotatable bonds is 4. The third-order valence-corrected chi connectivity index (χ3v) is 8.47. The highest BCUT2D eigenvalue weighted by atomic mass is 32.2. The van der Waals surface area contributed by atoms with Crippen molar-refractivity contribution in [3.8, 4) is 6.07 Å². The number of anilines is 1. The Balaban J connectivity index is 1.85. The van der Waals surface area contributed by atoms with Crippen molar-refractivity contribution in [3.05, 3.63) is 59.7 Å². The Hall–Kier alpha value is -2.70. The van der Waals surface area contributed by atoms with Crippen molar-refractivity contribution in [1.29, 1.82) is 5.26 Å². The van der Waals surface area contributed by atoms with E-state index in [1.165, 1.54) is 30.3 Å². The second-order valence-electron chi connectivity index (χ2n) is 6.24. The van der Waals surface area contributed by atoms with Crippen LogP contribution in [-0.4, -0.2) is 39.5 Å². The van der Waals surface area contributed by atoms with Crippen molar-refractivity contribution in [2.45, 2.75) is 16.6 Å². The normalized spacial score (nSPS) is 18.6. The van der Waals surface area contributed by atoms with E-state index in [1.807, 2.05) is 6.07 Å². The Morgan fingerprint density at radius 3 is 2.56 bits per heavy atom. The number of hydrogen-bond donors (Lipinski definition) is 1. The van der Waals surface area contributed by atoms with E-state index in [9.17, 15) is 21.6 Å². The number of nitrogens with zero attached hydrogens (tertiary/aromatic N) is 1. The predicted molar refractivity (Wildman–Crippen MR) is 99.8 cm³/mol. The summed E-state index contributed by atoms with van der Waals surface area (Å²) >= 11 is 0. The summed E-state index contributed by atoms with van der Waals surface area (Å²) in [7, 11) is -7.20. The van der Waals surface area contributed by atoms with Crippen LogP contribution in [-0.2, 0) is 19.7 Å². The summed E-state index contributed by atoms with van der Waals surface area (Å²) in [5, 5.41) is 10.5. The molecule has 1 aliphatic heterocycles. The van der Waals surface area contributed by atoms with Gasteiger partial charge in [-0.2, -0.15) is 5.26 Å². The van der Waals surface area contributed by atoms with Crippen molar-refractivity contribution < 1.29 is 21.6 Å². The summed E-state index contributed by atoms with van der Waals surface area (Å²) in [6, 6.07) is 13.8. The molecule has 0 aromatic heterocycles. The molecule has 0 saturated carbocycles. The van der Waals surface area contributed by atoms with Crippen LogP contribution in [0.25, 0.3) is 0 Å². The van der Waals surface area contributed by atoms with Crippen LogP contribution in [0.5, 0.6) is 0 Å². The minimum Gasteiger partial charge on any atom is -0.322 e. The van der Waals surface area contributed by atoms with Gasteiger partial charge in [0.2, 0.25) is 0 Å². The maximum absolute atomic E-state index is 12.7. The van der Waals surface area contributed by atoms with Crippen LogP contribution < -0.4 is 5.32 Å². The number of carbonyl (C=O) groups is 1. The maximum Gasteiger partial charge on any atom is 0.255 e. The van der Waals surface area contributed by atoms with E-state index < -0.39 is 36.6 Å². The van der Waals surface area contributed by atoms with E-state index >= 15 is 0 Å². The Morgan fingerprint density at radius 2 is 1.89 bits per heavy atom. The van der Waals surface area contributed by atoms with E-state index in [0.717, 1.165) is 0 Å². The number of nitrogens with one attached hydrogen (secondary N) is 1. The largest absolute Gasteiger partial charge is 0.322 e. The molecule has 0 bridgehead atoms. The molecule has 27 heavy (non-hydrogen) atoms. The molecule has 1 aliphatic rings. The number of benzene rings is 2. The van der Waals surface area contributed by atoms with Crippen LogP contribution in [0.2, 0.25) is 0 Å². The van der Waals surface area contributed by atoms with Crippen LogP contribution in [0.1, 0.15) is 22.3 Å². The molecule has 1 fully saturated rings. The number of sulfone groups is 2. The highest BCUT2D eigenvalue weighted by Gasteiger charge is 2.38. The minimum absolute atomic E-state index is 0.0576. The highest BCUT2D eigenvalue weighted by Crippen LogP contribution is 2.26. The highest BCUT2D eigenvalue weighted by molar-refractivity contribution is 7.96. The van der Waals surface area contributed by atoms with Crippen molar-refractivity contribution in [2.24, 2.45) is 0 Å². The van der Waals surface area contributed by atoms with Gasteiger partial charge in [-0.05, 0) is 42.8 Å². The Kier molecular flexibility index (Phi) is 5.04. The van der Waals surface area contributed by atoms with E-state index in [0.29, 0.717) is 11.3 Å². The summed E-state index contributed by atoms with van der Waals surface area (Å²) < 4.78 is 48.6. The van der Waals surface area contributed by atoms with Gasteiger partial charge in [-0.3, -0.25) is 4.79 Å². The van der Waals surface area contributed by atoms with Crippen LogP contribution in [0.4, 0.5) is 5.69 Å². The molecule has 9 heteroatoms. The van der Waals surface area contributed by atoms with Crippen molar-refractivity contribution in [1.82, 2.24) is 0 Å². The van der Waals surface area contributed by atoms with Gasteiger partial charge in [0.1, 0.15) is 0 Å². The lowest BCUT2D eigenvalue weighted by Gasteiger charge is -2.11. The number of carbonyl (C=O) groups excluding carboxylic acids is 1. The standard InChI is InChI=1S/C18H16N2O5S2/c19-11-13-3-1-5-15(9-13)20-18(21)14-4-2-6-16(10-14)27(24,25)17-7-8-26(22,23)12-17/h1-6,9-10,17H,7-8,12H2,(H,20,21)/t17-/m1/s1. The third-order valence-electron chi connectivity index (χ3n) is 4.30. The summed E-state index contributed by atoms with van der Waals surface area (Å²) in [6.07, 6.45) is 0.0576. The average molecular weight is 404 g/mol. The van der Waals surface area contributed by atoms with Gasteiger partial charge in [0.25, 0.3) is 5.91 Å². The molecule has 0 aliphatic carbocycles. The second kappa shape index (κ2) is 7.13. The average Bonchev–Trinajstić information content (AvgIpc) is 3.02.